The third-order valence-corrected chi connectivity index (χ3v) is 8.23. The van der Waals surface area contributed by atoms with Crippen LogP contribution in [0.15, 0.2) is 34.3 Å². The first kappa shape index (κ1) is 19.4. The first-order valence-corrected chi connectivity index (χ1v) is 9.33. The van der Waals surface area contributed by atoms with Gasteiger partial charge in [-0.15, -0.1) is 23.2 Å². The van der Waals surface area contributed by atoms with Gasteiger partial charge in [0.25, 0.3) is 0 Å². The molecular weight excluding hydrogens is 443 g/mol. The second-order valence-corrected chi connectivity index (χ2v) is 8.44. The van der Waals surface area contributed by atoms with E-state index in [1.807, 2.05) is 0 Å². The maximum atomic E-state index is 14.3. The fourth-order valence-electron chi connectivity index (χ4n) is 4.58. The summed E-state index contributed by atoms with van der Waals surface area (Å²) < 4.78 is 25.3. The predicted molar refractivity (Wildman–Crippen MR) is 98.5 cm³/mol. The number of para-hydroxylation sites is 1. The smallest absolute Gasteiger partial charge is 0.240 e. The number of imide groups is 1. The molecule has 1 saturated carbocycles. The molecule has 1 aromatic rings. The Labute approximate surface area is 173 Å². The van der Waals surface area contributed by atoms with Crippen molar-refractivity contribution >= 4 is 63.9 Å². The Bertz CT molecular complexity index is 874. The van der Waals surface area contributed by atoms with Gasteiger partial charge in [0.1, 0.15) is 15.6 Å². The van der Waals surface area contributed by atoms with Crippen LogP contribution in [0.1, 0.15) is 0 Å². The summed E-state index contributed by atoms with van der Waals surface area (Å²) in [5.74, 6) is -6.62. The molecule has 144 valence electrons. The molecule has 1 saturated heterocycles. The molecule has 1 aromatic carbocycles. The van der Waals surface area contributed by atoms with E-state index in [0.29, 0.717) is 0 Å². The maximum absolute atomic E-state index is 14.3. The molecule has 4 rings (SSSR count). The van der Waals surface area contributed by atoms with Gasteiger partial charge in [0.05, 0.1) is 27.6 Å². The Hall–Kier alpha value is -0.890. The van der Waals surface area contributed by atoms with Gasteiger partial charge in [-0.2, -0.15) is 0 Å². The van der Waals surface area contributed by atoms with Crippen LogP contribution >= 0.6 is 46.4 Å². The van der Waals surface area contributed by atoms with Gasteiger partial charge >= 0.3 is 0 Å². The number of ether oxygens (including phenoxy) is 2. The van der Waals surface area contributed by atoms with Gasteiger partial charge in [-0.25, -0.2) is 9.29 Å². The Kier molecular flexibility index (Phi) is 4.18. The van der Waals surface area contributed by atoms with Gasteiger partial charge in [-0.1, -0.05) is 35.3 Å². The molecule has 2 fully saturated rings. The summed E-state index contributed by atoms with van der Waals surface area (Å²) in [5, 5.41) is -0.273. The van der Waals surface area contributed by atoms with Crippen LogP contribution in [-0.4, -0.2) is 41.6 Å². The fourth-order valence-corrected chi connectivity index (χ4v) is 6.74. The van der Waals surface area contributed by atoms with Crippen molar-refractivity contribution in [3.8, 4) is 0 Å². The van der Waals surface area contributed by atoms with Gasteiger partial charge in [0.2, 0.25) is 17.6 Å². The fraction of sp³-hybridized carbons (Fsp3) is 0.412. The molecule has 4 atom stereocenters. The minimum absolute atomic E-state index is 0.137. The first-order chi connectivity index (χ1) is 12.6. The number of benzene rings is 1. The van der Waals surface area contributed by atoms with Crippen LogP contribution in [0.5, 0.6) is 0 Å². The molecule has 10 heteroatoms. The lowest BCUT2D eigenvalue weighted by molar-refractivity contribution is -0.221. The summed E-state index contributed by atoms with van der Waals surface area (Å²) in [7, 11) is 2.53. The number of rotatable bonds is 3. The highest BCUT2D eigenvalue weighted by Crippen LogP contribution is 2.75. The Morgan fingerprint density at radius 1 is 0.963 bits per heavy atom. The standard InChI is InChI=1S/C17H12Cl4FNO4/c1-26-17(27-2)15(20)9-10(16(17,21)12(19)11(15)18)14(25)23(13(9)24)8-6-4-3-5-7(8)22/h3-6,9-10H,1-2H3. The molecule has 2 bridgehead atoms. The highest BCUT2D eigenvalue weighted by Gasteiger charge is 2.89. The lowest BCUT2D eigenvalue weighted by atomic mass is 9.84. The summed E-state index contributed by atoms with van der Waals surface area (Å²) in [6, 6.07) is 5.39. The number of hydrogen-bond acceptors (Lipinski definition) is 4. The molecule has 0 aromatic heterocycles. The average molecular weight is 455 g/mol. The molecule has 2 amide bonds. The zero-order valence-electron chi connectivity index (χ0n) is 13.9. The van der Waals surface area contributed by atoms with Crippen LogP contribution in [0.4, 0.5) is 10.1 Å². The lowest BCUT2D eigenvalue weighted by Gasteiger charge is -2.42. The van der Waals surface area contributed by atoms with Crippen molar-refractivity contribution in [1.82, 2.24) is 0 Å². The van der Waals surface area contributed by atoms with Gasteiger partial charge < -0.3 is 9.47 Å². The first-order valence-electron chi connectivity index (χ1n) is 7.81. The van der Waals surface area contributed by atoms with E-state index in [9.17, 15) is 14.0 Å². The van der Waals surface area contributed by atoms with Crippen LogP contribution in [0.2, 0.25) is 0 Å². The van der Waals surface area contributed by atoms with Gasteiger partial charge in [-0.3, -0.25) is 9.59 Å². The SMILES string of the molecule is COC1(OC)C2(Cl)C(Cl)=C(Cl)C1(Cl)C1C(=O)N(c3ccccc3F)C(=O)C12. The summed E-state index contributed by atoms with van der Waals surface area (Å²) in [6.07, 6.45) is 0. The number of alkyl halides is 2. The van der Waals surface area contributed by atoms with Crippen molar-refractivity contribution in [1.29, 1.82) is 0 Å². The van der Waals surface area contributed by atoms with Gasteiger partial charge in [0.15, 0.2) is 0 Å². The number of anilines is 1. The normalized spacial score (nSPS) is 36.8. The number of nitrogens with zero attached hydrogens (tertiary/aromatic N) is 1. The molecule has 2 aliphatic carbocycles. The quantitative estimate of drug-likeness (QED) is 0.398. The van der Waals surface area contributed by atoms with E-state index in [2.05, 4.69) is 0 Å². The van der Waals surface area contributed by atoms with Crippen molar-refractivity contribution in [2.24, 2.45) is 11.8 Å². The minimum atomic E-state index is -1.86. The number of fused-ring (bicyclic) bond motifs is 5. The summed E-state index contributed by atoms with van der Waals surface area (Å²) >= 11 is 26.3. The Morgan fingerprint density at radius 2 is 1.41 bits per heavy atom. The minimum Gasteiger partial charge on any atom is -0.350 e. The van der Waals surface area contributed by atoms with Crippen LogP contribution in [0.3, 0.4) is 0 Å². The maximum Gasteiger partial charge on any atom is 0.240 e. The molecular formula is C17H12Cl4FNO4. The van der Waals surface area contributed by atoms with Crippen molar-refractivity contribution in [3.05, 3.63) is 40.1 Å². The molecule has 3 aliphatic rings. The van der Waals surface area contributed by atoms with Crippen LogP contribution in [-0.2, 0) is 19.1 Å². The molecule has 0 spiro atoms. The summed E-state index contributed by atoms with van der Waals surface area (Å²) in [4.78, 5) is 23.5. The molecule has 4 unspecified atom stereocenters. The van der Waals surface area contributed by atoms with Crippen molar-refractivity contribution in [3.63, 3.8) is 0 Å². The Morgan fingerprint density at radius 3 is 1.81 bits per heavy atom. The van der Waals surface area contributed by atoms with Crippen LogP contribution in [0, 0.1) is 17.7 Å². The number of carbonyl (C=O) groups excluding carboxylic acids is 2. The molecule has 1 aliphatic heterocycles. The van der Waals surface area contributed by atoms with E-state index in [-0.39, 0.29) is 15.8 Å². The number of hydrogen-bond donors (Lipinski definition) is 0. The van der Waals surface area contributed by atoms with Gasteiger partial charge in [0, 0.05) is 14.2 Å². The highest BCUT2D eigenvalue weighted by molar-refractivity contribution is 6.54. The van der Waals surface area contributed by atoms with Crippen molar-refractivity contribution in [2.75, 3.05) is 19.1 Å². The predicted octanol–water partition coefficient (Wildman–Crippen LogP) is 3.59. The third kappa shape index (κ3) is 1.81. The monoisotopic (exact) mass is 453 g/mol. The second kappa shape index (κ2) is 5.81. The zero-order chi connectivity index (χ0) is 19.9. The van der Waals surface area contributed by atoms with Crippen LogP contribution in [0.25, 0.3) is 0 Å². The van der Waals surface area contributed by atoms with E-state index >= 15 is 0 Å². The summed E-state index contributed by atoms with van der Waals surface area (Å²) in [6.45, 7) is 0. The largest absolute Gasteiger partial charge is 0.350 e. The topological polar surface area (TPSA) is 55.8 Å². The number of amides is 2. The lowest BCUT2D eigenvalue weighted by Crippen LogP contribution is -2.60. The van der Waals surface area contributed by atoms with E-state index in [1.165, 1.54) is 32.4 Å². The third-order valence-electron chi connectivity index (χ3n) is 5.62. The van der Waals surface area contributed by atoms with E-state index in [0.717, 1.165) is 11.0 Å². The number of carbonyl (C=O) groups is 2. The average Bonchev–Trinajstić information content (AvgIpc) is 3.06. The molecule has 27 heavy (non-hydrogen) atoms. The molecule has 0 N–H and O–H groups in total. The van der Waals surface area contributed by atoms with Crippen molar-refractivity contribution < 1.29 is 23.5 Å². The number of methoxy groups -OCH3 is 2. The Balaban J connectivity index is 1.96. The highest BCUT2D eigenvalue weighted by atomic mass is 35.5. The zero-order valence-corrected chi connectivity index (χ0v) is 17.0. The van der Waals surface area contributed by atoms with E-state index < -0.39 is 45.0 Å². The van der Waals surface area contributed by atoms with Crippen LogP contribution < -0.4 is 4.90 Å². The van der Waals surface area contributed by atoms with E-state index in [4.69, 9.17) is 55.9 Å². The van der Waals surface area contributed by atoms with Crippen molar-refractivity contribution in [2.45, 2.75) is 15.5 Å². The van der Waals surface area contributed by atoms with Gasteiger partial charge in [-0.05, 0) is 12.1 Å². The molecule has 0 radical (unpaired) electrons. The molecule has 5 nitrogen and oxygen atoms in total. The molecule has 1 heterocycles. The number of halogens is 5. The van der Waals surface area contributed by atoms with E-state index in [1.54, 1.807) is 0 Å². The summed E-state index contributed by atoms with van der Waals surface area (Å²) in [5.41, 5.74) is -0.200. The second-order valence-electron chi connectivity index (χ2n) is 6.49.